The molecular weight excluding hydrogens is 286 g/mol. The Balaban J connectivity index is 1.73. The highest BCUT2D eigenvalue weighted by atomic mass is 35.5. The zero-order valence-corrected chi connectivity index (χ0v) is 13.1. The Morgan fingerprint density at radius 1 is 1.00 bits per heavy atom. The topological polar surface area (TPSA) is 12.0 Å². The number of rotatable bonds is 8. The van der Waals surface area contributed by atoms with Crippen LogP contribution in [0.3, 0.4) is 0 Å². The molecule has 0 spiro atoms. The van der Waals surface area contributed by atoms with Crippen molar-refractivity contribution in [2.24, 2.45) is 0 Å². The van der Waals surface area contributed by atoms with Crippen LogP contribution in [0.4, 0.5) is 5.69 Å². The van der Waals surface area contributed by atoms with Gasteiger partial charge in [-0.05, 0) is 42.7 Å². The Labute approximate surface area is 130 Å². The van der Waals surface area contributed by atoms with Crippen LogP contribution < -0.4 is 5.32 Å². The van der Waals surface area contributed by atoms with E-state index in [0.29, 0.717) is 0 Å². The fourth-order valence-electron chi connectivity index (χ4n) is 1.99. The molecule has 0 saturated carbocycles. The van der Waals surface area contributed by atoms with E-state index in [9.17, 15) is 0 Å². The normalized spacial score (nSPS) is 10.4. The molecule has 0 unspecified atom stereocenters. The summed E-state index contributed by atoms with van der Waals surface area (Å²) in [7, 11) is 0. The standard InChI is InChI=1S/C17H20ClNS/c18-11-5-7-15-6-4-8-16(14-15)19-12-13-20-17-9-2-1-3-10-17/h1-4,6,8-10,14,19H,5,7,11-13H2. The fraction of sp³-hybridized carbons (Fsp3) is 0.294. The number of hydrogen-bond donors (Lipinski definition) is 1. The number of benzene rings is 2. The summed E-state index contributed by atoms with van der Waals surface area (Å²) < 4.78 is 0. The molecule has 2 aromatic carbocycles. The minimum absolute atomic E-state index is 0.728. The minimum Gasteiger partial charge on any atom is -0.384 e. The van der Waals surface area contributed by atoms with E-state index in [1.54, 1.807) is 0 Å². The van der Waals surface area contributed by atoms with Gasteiger partial charge in [-0.25, -0.2) is 0 Å². The van der Waals surface area contributed by atoms with E-state index in [1.807, 2.05) is 11.8 Å². The van der Waals surface area contributed by atoms with Gasteiger partial charge in [0.15, 0.2) is 0 Å². The highest BCUT2D eigenvalue weighted by molar-refractivity contribution is 7.99. The van der Waals surface area contributed by atoms with Crippen molar-refractivity contribution >= 4 is 29.1 Å². The monoisotopic (exact) mass is 305 g/mol. The minimum atomic E-state index is 0.728. The summed E-state index contributed by atoms with van der Waals surface area (Å²) in [5.74, 6) is 1.79. The molecule has 0 bridgehead atoms. The van der Waals surface area contributed by atoms with Crippen LogP contribution in [0.1, 0.15) is 12.0 Å². The first-order chi connectivity index (χ1) is 9.88. The maximum absolute atomic E-state index is 5.73. The van der Waals surface area contributed by atoms with Gasteiger partial charge in [0.1, 0.15) is 0 Å². The first-order valence-electron chi connectivity index (χ1n) is 6.95. The molecule has 1 nitrogen and oxygen atoms in total. The molecule has 0 heterocycles. The SMILES string of the molecule is ClCCCc1cccc(NCCSc2ccccc2)c1. The number of anilines is 1. The number of aryl methyl sites for hydroxylation is 1. The molecule has 0 aliphatic rings. The van der Waals surface area contributed by atoms with Crippen molar-refractivity contribution in [1.29, 1.82) is 0 Å². The molecule has 0 aliphatic carbocycles. The summed E-state index contributed by atoms with van der Waals surface area (Å²) in [5, 5.41) is 3.48. The van der Waals surface area contributed by atoms with E-state index >= 15 is 0 Å². The third-order valence-corrected chi connectivity index (χ3v) is 4.25. The lowest BCUT2D eigenvalue weighted by Crippen LogP contribution is -2.04. The number of thioether (sulfide) groups is 1. The Morgan fingerprint density at radius 2 is 1.85 bits per heavy atom. The molecule has 0 fully saturated rings. The molecule has 2 aromatic rings. The van der Waals surface area contributed by atoms with Crippen molar-refractivity contribution in [2.45, 2.75) is 17.7 Å². The van der Waals surface area contributed by atoms with Crippen LogP contribution in [0.25, 0.3) is 0 Å². The van der Waals surface area contributed by atoms with E-state index in [2.05, 4.69) is 59.9 Å². The Bertz CT molecular complexity index is 501. The Morgan fingerprint density at radius 3 is 2.65 bits per heavy atom. The summed E-state index contributed by atoms with van der Waals surface area (Å²) in [5.41, 5.74) is 2.55. The average molecular weight is 306 g/mol. The second-order valence-corrected chi connectivity index (χ2v) is 6.13. The second kappa shape index (κ2) is 8.93. The van der Waals surface area contributed by atoms with Crippen LogP contribution in [0.15, 0.2) is 59.5 Å². The molecule has 3 heteroatoms. The van der Waals surface area contributed by atoms with Crippen molar-refractivity contribution in [3.8, 4) is 0 Å². The molecule has 2 rings (SSSR count). The van der Waals surface area contributed by atoms with Crippen molar-refractivity contribution in [3.05, 3.63) is 60.2 Å². The number of alkyl halides is 1. The van der Waals surface area contributed by atoms with Gasteiger partial charge in [-0.15, -0.1) is 23.4 Å². The zero-order chi connectivity index (χ0) is 14.0. The smallest absolute Gasteiger partial charge is 0.0343 e. The van der Waals surface area contributed by atoms with Gasteiger partial charge in [0.05, 0.1) is 0 Å². The van der Waals surface area contributed by atoms with Gasteiger partial charge in [0.25, 0.3) is 0 Å². The molecule has 0 aromatic heterocycles. The number of halogens is 1. The molecule has 0 radical (unpaired) electrons. The van der Waals surface area contributed by atoms with Gasteiger partial charge in [0.2, 0.25) is 0 Å². The van der Waals surface area contributed by atoms with Crippen LogP contribution in [0.2, 0.25) is 0 Å². The average Bonchev–Trinajstić information content (AvgIpc) is 2.51. The largest absolute Gasteiger partial charge is 0.384 e. The molecule has 0 saturated heterocycles. The van der Waals surface area contributed by atoms with Crippen LogP contribution in [-0.2, 0) is 6.42 Å². The summed E-state index contributed by atoms with van der Waals surface area (Å²) in [6.45, 7) is 0.971. The highest BCUT2D eigenvalue weighted by Gasteiger charge is 1.97. The van der Waals surface area contributed by atoms with Crippen LogP contribution >= 0.6 is 23.4 Å². The van der Waals surface area contributed by atoms with Gasteiger partial charge in [-0.1, -0.05) is 30.3 Å². The van der Waals surface area contributed by atoms with Crippen molar-refractivity contribution in [2.75, 3.05) is 23.5 Å². The maximum atomic E-state index is 5.73. The van der Waals surface area contributed by atoms with Gasteiger partial charge in [-0.2, -0.15) is 0 Å². The molecule has 0 atom stereocenters. The van der Waals surface area contributed by atoms with Crippen LogP contribution in [0.5, 0.6) is 0 Å². The van der Waals surface area contributed by atoms with Gasteiger partial charge < -0.3 is 5.32 Å². The van der Waals surface area contributed by atoms with E-state index < -0.39 is 0 Å². The fourth-order valence-corrected chi connectivity index (χ4v) is 2.91. The molecular formula is C17H20ClNS. The van der Waals surface area contributed by atoms with E-state index in [4.69, 9.17) is 11.6 Å². The third-order valence-electron chi connectivity index (χ3n) is 2.97. The van der Waals surface area contributed by atoms with Gasteiger partial charge in [-0.3, -0.25) is 0 Å². The Hall–Kier alpha value is -1.12. The lowest BCUT2D eigenvalue weighted by molar-refractivity contribution is 0.929. The molecule has 0 aliphatic heterocycles. The van der Waals surface area contributed by atoms with Crippen molar-refractivity contribution in [3.63, 3.8) is 0 Å². The molecule has 20 heavy (non-hydrogen) atoms. The maximum Gasteiger partial charge on any atom is 0.0343 e. The predicted molar refractivity (Wildman–Crippen MR) is 91.1 cm³/mol. The predicted octanol–water partition coefficient (Wildman–Crippen LogP) is 5.06. The van der Waals surface area contributed by atoms with Crippen LogP contribution in [0, 0.1) is 0 Å². The summed E-state index contributed by atoms with van der Waals surface area (Å²) in [6, 6.07) is 19.1. The first kappa shape index (κ1) is 15.3. The molecule has 106 valence electrons. The van der Waals surface area contributed by atoms with E-state index in [0.717, 1.165) is 31.0 Å². The first-order valence-corrected chi connectivity index (χ1v) is 8.47. The quantitative estimate of drug-likeness (QED) is 0.415. The van der Waals surface area contributed by atoms with Crippen molar-refractivity contribution in [1.82, 2.24) is 0 Å². The summed E-state index contributed by atoms with van der Waals surface area (Å²) in [6.07, 6.45) is 2.09. The van der Waals surface area contributed by atoms with Gasteiger partial charge >= 0.3 is 0 Å². The van der Waals surface area contributed by atoms with Crippen LogP contribution in [-0.4, -0.2) is 18.2 Å². The molecule has 0 amide bonds. The number of nitrogens with one attached hydrogen (secondary N) is 1. The lowest BCUT2D eigenvalue weighted by atomic mass is 10.1. The molecule has 1 N–H and O–H groups in total. The second-order valence-electron chi connectivity index (χ2n) is 4.58. The third kappa shape index (κ3) is 5.48. The Kier molecular flexibility index (Phi) is 6.82. The number of hydrogen-bond acceptors (Lipinski definition) is 2. The summed E-state index contributed by atoms with van der Waals surface area (Å²) >= 11 is 7.61. The highest BCUT2D eigenvalue weighted by Crippen LogP contribution is 2.17. The zero-order valence-electron chi connectivity index (χ0n) is 11.5. The van der Waals surface area contributed by atoms with E-state index in [1.165, 1.54) is 16.1 Å². The summed E-state index contributed by atoms with van der Waals surface area (Å²) in [4.78, 5) is 1.32. The lowest BCUT2D eigenvalue weighted by Gasteiger charge is -2.08. The van der Waals surface area contributed by atoms with E-state index in [-0.39, 0.29) is 0 Å². The van der Waals surface area contributed by atoms with Crippen molar-refractivity contribution < 1.29 is 0 Å². The van der Waals surface area contributed by atoms with Gasteiger partial charge in [0, 0.05) is 28.8 Å².